The number of rotatable bonds is 3. The monoisotopic (exact) mass is 211 g/mol. The molecule has 0 unspecified atom stereocenters. The third-order valence-electron chi connectivity index (χ3n) is 1.88. The summed E-state index contributed by atoms with van der Waals surface area (Å²) in [6.45, 7) is 0. The fraction of sp³-hybridized carbons (Fsp3) is 0.300. The van der Waals surface area contributed by atoms with Crippen LogP contribution in [0.2, 0.25) is 0 Å². The Morgan fingerprint density at radius 2 is 2.23 bits per heavy atom. The predicted molar refractivity (Wildman–Crippen MR) is 57.2 cm³/mol. The zero-order valence-corrected chi connectivity index (χ0v) is 8.78. The van der Waals surface area contributed by atoms with Gasteiger partial charge < -0.3 is 0 Å². The van der Waals surface area contributed by atoms with Crippen LogP contribution in [-0.4, -0.2) is 0 Å². The molecular formula is C10H10ClNS. The van der Waals surface area contributed by atoms with E-state index in [1.807, 2.05) is 18.2 Å². The average Bonchev–Trinajstić information content (AvgIpc) is 2.15. The second-order valence-electron chi connectivity index (χ2n) is 2.71. The van der Waals surface area contributed by atoms with E-state index in [0.29, 0.717) is 12.3 Å². The summed E-state index contributed by atoms with van der Waals surface area (Å²) < 4.78 is 0. The summed E-state index contributed by atoms with van der Waals surface area (Å²) in [6.07, 6.45) is 1.25. The highest BCUT2D eigenvalue weighted by atomic mass is 35.5. The molecule has 0 radical (unpaired) electrons. The Balaban J connectivity index is 2.95. The Labute approximate surface area is 88.7 Å². The van der Waals surface area contributed by atoms with Gasteiger partial charge in [0.15, 0.2) is 0 Å². The fourth-order valence-electron chi connectivity index (χ4n) is 1.22. The molecule has 1 aromatic rings. The Kier molecular flexibility index (Phi) is 4.14. The molecule has 13 heavy (non-hydrogen) atoms. The SMILES string of the molecule is N#CCCc1c(S)cccc1CCl. The zero-order chi connectivity index (χ0) is 9.68. The molecule has 1 nitrogen and oxygen atoms in total. The lowest BCUT2D eigenvalue weighted by atomic mass is 10.0. The maximum Gasteiger partial charge on any atom is 0.0625 e. The van der Waals surface area contributed by atoms with Crippen molar-refractivity contribution in [1.29, 1.82) is 5.26 Å². The number of nitriles is 1. The van der Waals surface area contributed by atoms with Crippen LogP contribution in [0.4, 0.5) is 0 Å². The van der Waals surface area contributed by atoms with Crippen LogP contribution in [-0.2, 0) is 12.3 Å². The van der Waals surface area contributed by atoms with Crippen molar-refractivity contribution in [3.8, 4) is 6.07 Å². The number of halogens is 1. The quantitative estimate of drug-likeness (QED) is 0.603. The number of nitrogens with zero attached hydrogens (tertiary/aromatic N) is 1. The molecule has 0 heterocycles. The normalized spacial score (nSPS) is 9.62. The van der Waals surface area contributed by atoms with Crippen LogP contribution in [0.25, 0.3) is 0 Å². The van der Waals surface area contributed by atoms with Crippen molar-refractivity contribution < 1.29 is 0 Å². The first-order valence-corrected chi connectivity index (χ1v) is 5.00. The van der Waals surface area contributed by atoms with Crippen molar-refractivity contribution in [2.24, 2.45) is 0 Å². The molecule has 0 aliphatic rings. The largest absolute Gasteiger partial charge is 0.198 e. The van der Waals surface area contributed by atoms with E-state index in [4.69, 9.17) is 16.9 Å². The van der Waals surface area contributed by atoms with Crippen molar-refractivity contribution in [3.63, 3.8) is 0 Å². The fourth-order valence-corrected chi connectivity index (χ4v) is 1.81. The summed E-state index contributed by atoms with van der Waals surface area (Å²) in [5.74, 6) is 0.481. The Morgan fingerprint density at radius 3 is 2.85 bits per heavy atom. The molecule has 0 saturated heterocycles. The molecule has 0 spiro atoms. The van der Waals surface area contributed by atoms with Gasteiger partial charge in [-0.2, -0.15) is 5.26 Å². The van der Waals surface area contributed by atoms with Crippen molar-refractivity contribution in [2.45, 2.75) is 23.6 Å². The van der Waals surface area contributed by atoms with Gasteiger partial charge in [-0.05, 0) is 23.6 Å². The summed E-state index contributed by atoms with van der Waals surface area (Å²) in [5.41, 5.74) is 2.17. The van der Waals surface area contributed by atoms with Gasteiger partial charge in [0.2, 0.25) is 0 Å². The summed E-state index contributed by atoms with van der Waals surface area (Å²) >= 11 is 10.1. The van der Waals surface area contributed by atoms with Crippen molar-refractivity contribution in [1.82, 2.24) is 0 Å². The Morgan fingerprint density at radius 1 is 1.46 bits per heavy atom. The molecule has 0 amide bonds. The molecule has 0 bridgehead atoms. The van der Waals surface area contributed by atoms with Gasteiger partial charge in [-0.25, -0.2) is 0 Å². The molecule has 68 valence electrons. The summed E-state index contributed by atoms with van der Waals surface area (Å²) in [4.78, 5) is 0.924. The van der Waals surface area contributed by atoms with Crippen molar-refractivity contribution in [3.05, 3.63) is 29.3 Å². The van der Waals surface area contributed by atoms with Crippen LogP contribution < -0.4 is 0 Å². The van der Waals surface area contributed by atoms with E-state index in [-0.39, 0.29) is 0 Å². The highest BCUT2D eigenvalue weighted by molar-refractivity contribution is 7.80. The molecule has 0 saturated carbocycles. The number of hydrogen-bond acceptors (Lipinski definition) is 2. The van der Waals surface area contributed by atoms with E-state index >= 15 is 0 Å². The summed E-state index contributed by atoms with van der Waals surface area (Å²) in [7, 11) is 0. The lowest BCUT2D eigenvalue weighted by Crippen LogP contribution is -1.93. The molecule has 0 atom stereocenters. The predicted octanol–water partition coefficient (Wildman–Crippen LogP) is 3.17. The zero-order valence-electron chi connectivity index (χ0n) is 7.13. The van der Waals surface area contributed by atoms with Crippen LogP contribution in [0.5, 0.6) is 0 Å². The molecule has 1 rings (SSSR count). The third kappa shape index (κ3) is 2.65. The number of thiol groups is 1. The second kappa shape index (κ2) is 5.16. The number of alkyl halides is 1. The van der Waals surface area contributed by atoms with Crippen LogP contribution in [0, 0.1) is 11.3 Å². The second-order valence-corrected chi connectivity index (χ2v) is 3.46. The Hall–Kier alpha value is -0.650. The van der Waals surface area contributed by atoms with Gasteiger partial charge in [0.1, 0.15) is 0 Å². The van der Waals surface area contributed by atoms with Crippen LogP contribution >= 0.6 is 24.2 Å². The number of benzene rings is 1. The first-order chi connectivity index (χ1) is 6.29. The molecule has 1 aromatic carbocycles. The minimum atomic E-state index is 0.481. The molecule has 0 N–H and O–H groups in total. The highest BCUT2D eigenvalue weighted by Gasteiger charge is 2.04. The standard InChI is InChI=1S/C10H10ClNS/c11-7-8-3-1-5-10(13)9(8)4-2-6-12/h1,3,5,13H,2,4,7H2. The minimum Gasteiger partial charge on any atom is -0.198 e. The van der Waals surface area contributed by atoms with E-state index < -0.39 is 0 Å². The molecule has 0 aliphatic carbocycles. The molecule has 0 fully saturated rings. The topological polar surface area (TPSA) is 23.8 Å². The summed E-state index contributed by atoms with van der Waals surface area (Å²) in [6, 6.07) is 7.94. The van der Waals surface area contributed by atoms with Gasteiger partial charge in [-0.3, -0.25) is 0 Å². The van der Waals surface area contributed by atoms with E-state index in [1.165, 1.54) is 0 Å². The van der Waals surface area contributed by atoms with Gasteiger partial charge in [-0.1, -0.05) is 12.1 Å². The molecule has 0 aliphatic heterocycles. The Bertz CT molecular complexity index is 330. The highest BCUT2D eigenvalue weighted by Crippen LogP contribution is 2.21. The van der Waals surface area contributed by atoms with Gasteiger partial charge in [0.25, 0.3) is 0 Å². The van der Waals surface area contributed by atoms with E-state index in [2.05, 4.69) is 18.7 Å². The maximum atomic E-state index is 8.47. The third-order valence-corrected chi connectivity index (χ3v) is 2.59. The number of hydrogen-bond donors (Lipinski definition) is 1. The van der Waals surface area contributed by atoms with E-state index in [0.717, 1.165) is 22.4 Å². The first-order valence-electron chi connectivity index (χ1n) is 4.02. The lowest BCUT2D eigenvalue weighted by Gasteiger charge is -2.07. The smallest absolute Gasteiger partial charge is 0.0625 e. The van der Waals surface area contributed by atoms with Crippen LogP contribution in [0.3, 0.4) is 0 Å². The minimum absolute atomic E-state index is 0.481. The van der Waals surface area contributed by atoms with Gasteiger partial charge >= 0.3 is 0 Å². The first kappa shape index (κ1) is 10.4. The van der Waals surface area contributed by atoms with Gasteiger partial charge in [0, 0.05) is 17.2 Å². The summed E-state index contributed by atoms with van der Waals surface area (Å²) in [5, 5.41) is 8.47. The van der Waals surface area contributed by atoms with Crippen molar-refractivity contribution in [2.75, 3.05) is 0 Å². The lowest BCUT2D eigenvalue weighted by molar-refractivity contribution is 0.960. The van der Waals surface area contributed by atoms with Gasteiger partial charge in [-0.15, -0.1) is 24.2 Å². The van der Waals surface area contributed by atoms with E-state index in [9.17, 15) is 0 Å². The molecule has 0 aromatic heterocycles. The van der Waals surface area contributed by atoms with Gasteiger partial charge in [0.05, 0.1) is 6.07 Å². The van der Waals surface area contributed by atoms with Crippen LogP contribution in [0.15, 0.2) is 23.1 Å². The molecular weight excluding hydrogens is 202 g/mol. The molecule has 3 heteroatoms. The van der Waals surface area contributed by atoms with E-state index in [1.54, 1.807) is 0 Å². The van der Waals surface area contributed by atoms with Crippen LogP contribution in [0.1, 0.15) is 17.5 Å². The average molecular weight is 212 g/mol. The maximum absolute atomic E-state index is 8.47. The van der Waals surface area contributed by atoms with Crippen molar-refractivity contribution >= 4 is 24.2 Å².